The maximum absolute atomic E-state index is 12.1. The van der Waals surface area contributed by atoms with E-state index in [2.05, 4.69) is 20.3 Å². The maximum atomic E-state index is 12.1. The number of ether oxygens (including phenoxy) is 1. The van der Waals surface area contributed by atoms with Crippen LogP contribution < -0.4 is 15.8 Å². The van der Waals surface area contributed by atoms with E-state index in [1.165, 1.54) is 6.07 Å². The number of aromatic nitrogens is 2. The number of anilines is 3. The van der Waals surface area contributed by atoms with E-state index in [9.17, 15) is 13.2 Å². The molecule has 106 valence electrons. The summed E-state index contributed by atoms with van der Waals surface area (Å²) in [5, 5.41) is 10.6. The third-order valence-corrected chi connectivity index (χ3v) is 2.32. The number of nitrogen functional groups attached to an aromatic ring is 1. The van der Waals surface area contributed by atoms with Crippen LogP contribution >= 0.6 is 0 Å². The standard InChI is InChI=1S/C12H11F3N4O/c1-7-2-5-11(19-18-7)17-10-4-3-8(6-9(10)16)20-12(13,14)15/h2-6H,16H2,1H3,(H,17,19). The summed E-state index contributed by atoms with van der Waals surface area (Å²) >= 11 is 0. The van der Waals surface area contributed by atoms with Crippen molar-refractivity contribution in [1.29, 1.82) is 0 Å². The van der Waals surface area contributed by atoms with Crippen molar-refractivity contribution < 1.29 is 17.9 Å². The molecule has 2 aromatic rings. The molecule has 0 bridgehead atoms. The number of rotatable bonds is 3. The Labute approximate surface area is 112 Å². The molecule has 0 aliphatic rings. The van der Waals surface area contributed by atoms with Crippen LogP contribution in [0.25, 0.3) is 0 Å². The molecule has 8 heteroatoms. The predicted octanol–water partition coefficient (Wildman–Crippen LogP) is 3.01. The van der Waals surface area contributed by atoms with Crippen LogP contribution in [0.1, 0.15) is 5.69 Å². The number of nitrogens with two attached hydrogens (primary N) is 1. The zero-order valence-corrected chi connectivity index (χ0v) is 10.4. The molecule has 0 spiro atoms. The summed E-state index contributed by atoms with van der Waals surface area (Å²) in [6, 6.07) is 7.04. The first-order valence-electron chi connectivity index (χ1n) is 5.56. The van der Waals surface area contributed by atoms with Gasteiger partial charge in [-0.2, -0.15) is 5.10 Å². The Morgan fingerprint density at radius 2 is 1.90 bits per heavy atom. The zero-order valence-electron chi connectivity index (χ0n) is 10.4. The first-order valence-corrected chi connectivity index (χ1v) is 5.56. The van der Waals surface area contributed by atoms with Gasteiger partial charge >= 0.3 is 6.36 Å². The van der Waals surface area contributed by atoms with E-state index in [-0.39, 0.29) is 11.4 Å². The molecule has 0 amide bonds. The first kappa shape index (κ1) is 13.9. The Bertz CT molecular complexity index is 599. The van der Waals surface area contributed by atoms with Gasteiger partial charge in [-0.15, -0.1) is 18.3 Å². The monoisotopic (exact) mass is 284 g/mol. The van der Waals surface area contributed by atoms with Crippen molar-refractivity contribution in [2.75, 3.05) is 11.1 Å². The molecule has 1 aromatic heterocycles. The van der Waals surface area contributed by atoms with E-state index in [0.717, 1.165) is 17.8 Å². The Kier molecular flexibility index (Phi) is 3.64. The summed E-state index contributed by atoms with van der Waals surface area (Å²) in [4.78, 5) is 0. The minimum atomic E-state index is -4.75. The van der Waals surface area contributed by atoms with Gasteiger partial charge in [-0.3, -0.25) is 0 Å². The Morgan fingerprint density at radius 1 is 1.15 bits per heavy atom. The molecule has 5 nitrogen and oxygen atoms in total. The molecule has 0 aliphatic heterocycles. The average molecular weight is 284 g/mol. The molecule has 2 rings (SSSR count). The Hall–Kier alpha value is -2.51. The van der Waals surface area contributed by atoms with Crippen molar-refractivity contribution in [3.8, 4) is 5.75 Å². The molecule has 0 fully saturated rings. The lowest BCUT2D eigenvalue weighted by Gasteiger charge is -2.12. The largest absolute Gasteiger partial charge is 0.573 e. The van der Waals surface area contributed by atoms with Gasteiger partial charge in [-0.25, -0.2) is 0 Å². The van der Waals surface area contributed by atoms with E-state index in [1.807, 2.05) is 0 Å². The van der Waals surface area contributed by atoms with E-state index in [4.69, 9.17) is 5.73 Å². The quantitative estimate of drug-likeness (QED) is 0.848. The summed E-state index contributed by atoms with van der Waals surface area (Å²) < 4.78 is 40.0. The second-order valence-electron chi connectivity index (χ2n) is 3.98. The molecule has 1 aromatic carbocycles. The van der Waals surface area contributed by atoms with Gasteiger partial charge < -0.3 is 15.8 Å². The van der Waals surface area contributed by atoms with Crippen LogP contribution in [0.4, 0.5) is 30.4 Å². The number of alkyl halides is 3. The average Bonchev–Trinajstić information content (AvgIpc) is 2.33. The first-order chi connectivity index (χ1) is 9.33. The number of nitrogens with one attached hydrogen (secondary N) is 1. The van der Waals surface area contributed by atoms with E-state index in [0.29, 0.717) is 11.5 Å². The third kappa shape index (κ3) is 3.74. The lowest BCUT2D eigenvalue weighted by atomic mass is 10.2. The number of aryl methyl sites for hydroxylation is 1. The van der Waals surface area contributed by atoms with Crippen molar-refractivity contribution in [2.24, 2.45) is 0 Å². The second-order valence-corrected chi connectivity index (χ2v) is 3.98. The minimum absolute atomic E-state index is 0.106. The lowest BCUT2D eigenvalue weighted by Crippen LogP contribution is -2.17. The molecular weight excluding hydrogens is 273 g/mol. The summed E-state index contributed by atoms with van der Waals surface area (Å²) in [5.74, 6) is 0.0577. The van der Waals surface area contributed by atoms with Crippen LogP contribution in [0.2, 0.25) is 0 Å². The summed E-state index contributed by atoms with van der Waals surface area (Å²) in [5.41, 5.74) is 6.93. The molecule has 1 heterocycles. The van der Waals surface area contributed by atoms with Gasteiger partial charge in [0.15, 0.2) is 5.82 Å². The van der Waals surface area contributed by atoms with Crippen LogP contribution in [-0.2, 0) is 0 Å². The summed E-state index contributed by atoms with van der Waals surface area (Å²) in [6.45, 7) is 1.79. The highest BCUT2D eigenvalue weighted by Gasteiger charge is 2.31. The molecule has 0 saturated carbocycles. The zero-order chi connectivity index (χ0) is 14.8. The molecule has 0 saturated heterocycles. The number of nitrogens with zero attached hydrogens (tertiary/aromatic N) is 2. The highest BCUT2D eigenvalue weighted by atomic mass is 19.4. The normalized spacial score (nSPS) is 11.2. The minimum Gasteiger partial charge on any atom is -0.406 e. The summed E-state index contributed by atoms with van der Waals surface area (Å²) in [6.07, 6.45) is -4.75. The van der Waals surface area contributed by atoms with Gasteiger partial charge in [0, 0.05) is 6.07 Å². The van der Waals surface area contributed by atoms with E-state index < -0.39 is 6.36 Å². The van der Waals surface area contributed by atoms with Gasteiger partial charge in [0.2, 0.25) is 0 Å². The Balaban J connectivity index is 2.15. The predicted molar refractivity (Wildman–Crippen MR) is 67.6 cm³/mol. The summed E-state index contributed by atoms with van der Waals surface area (Å²) in [7, 11) is 0. The fraction of sp³-hybridized carbons (Fsp3) is 0.167. The van der Waals surface area contributed by atoms with Crippen LogP contribution in [0.3, 0.4) is 0 Å². The number of halogens is 3. The molecular formula is C12H11F3N4O. The SMILES string of the molecule is Cc1ccc(Nc2ccc(OC(F)(F)F)cc2N)nn1. The number of hydrogen-bond donors (Lipinski definition) is 2. The molecule has 0 radical (unpaired) electrons. The van der Waals surface area contributed by atoms with Gasteiger partial charge in [0.05, 0.1) is 17.1 Å². The molecule has 20 heavy (non-hydrogen) atoms. The second kappa shape index (κ2) is 5.24. The Morgan fingerprint density at radius 3 is 2.45 bits per heavy atom. The van der Waals surface area contributed by atoms with Crippen molar-refractivity contribution >= 4 is 17.2 Å². The lowest BCUT2D eigenvalue weighted by molar-refractivity contribution is -0.274. The highest BCUT2D eigenvalue weighted by molar-refractivity contribution is 5.72. The van der Waals surface area contributed by atoms with Crippen LogP contribution in [0, 0.1) is 6.92 Å². The van der Waals surface area contributed by atoms with Gasteiger partial charge in [0.25, 0.3) is 0 Å². The van der Waals surface area contributed by atoms with Crippen molar-refractivity contribution in [2.45, 2.75) is 13.3 Å². The molecule has 0 atom stereocenters. The fourth-order valence-electron chi connectivity index (χ4n) is 1.46. The molecule has 0 aliphatic carbocycles. The molecule has 0 unspecified atom stereocenters. The fourth-order valence-corrected chi connectivity index (χ4v) is 1.46. The van der Waals surface area contributed by atoms with Crippen LogP contribution in [0.5, 0.6) is 5.75 Å². The smallest absolute Gasteiger partial charge is 0.406 e. The van der Waals surface area contributed by atoms with E-state index >= 15 is 0 Å². The van der Waals surface area contributed by atoms with Gasteiger partial charge in [-0.1, -0.05) is 0 Å². The van der Waals surface area contributed by atoms with Gasteiger partial charge in [0.1, 0.15) is 5.75 Å². The topological polar surface area (TPSA) is 73.1 Å². The van der Waals surface area contributed by atoms with Crippen molar-refractivity contribution in [3.05, 3.63) is 36.0 Å². The molecule has 3 N–H and O–H groups in total. The number of benzene rings is 1. The maximum Gasteiger partial charge on any atom is 0.573 e. The highest BCUT2D eigenvalue weighted by Crippen LogP contribution is 2.29. The van der Waals surface area contributed by atoms with Crippen molar-refractivity contribution in [3.63, 3.8) is 0 Å². The van der Waals surface area contributed by atoms with Crippen LogP contribution in [-0.4, -0.2) is 16.6 Å². The third-order valence-electron chi connectivity index (χ3n) is 2.32. The van der Waals surface area contributed by atoms with Crippen molar-refractivity contribution in [1.82, 2.24) is 10.2 Å². The van der Waals surface area contributed by atoms with E-state index in [1.54, 1.807) is 19.1 Å². The van der Waals surface area contributed by atoms with Gasteiger partial charge in [-0.05, 0) is 31.2 Å². The van der Waals surface area contributed by atoms with Crippen LogP contribution in [0.15, 0.2) is 30.3 Å². The number of hydrogen-bond acceptors (Lipinski definition) is 5.